The second-order valence-electron chi connectivity index (χ2n) is 15.8. The minimum Gasteiger partial charge on any atom is -0.453 e. The van der Waals surface area contributed by atoms with Crippen LogP contribution in [0, 0.1) is 11.8 Å². The molecule has 4 N–H and O–H groups in total. The number of aromatic amines is 2. The fourth-order valence-corrected chi connectivity index (χ4v) is 10.6. The summed E-state index contributed by atoms with van der Waals surface area (Å²) in [5.74, 6) is 0.818. The van der Waals surface area contributed by atoms with Crippen molar-refractivity contribution in [1.82, 2.24) is 40.4 Å². The number of alkyl carbamates (subject to hydrolysis) is 2. The Kier molecular flexibility index (Phi) is 11.5. The van der Waals surface area contributed by atoms with Gasteiger partial charge in [-0.15, -0.1) is 22.7 Å². The van der Waals surface area contributed by atoms with Crippen molar-refractivity contribution in [3.05, 3.63) is 83.2 Å². The van der Waals surface area contributed by atoms with Crippen LogP contribution in [0.2, 0.25) is 0 Å². The number of rotatable bonds is 11. The fraction of sp³-hybridized carbons (Fsp3) is 0.364. The molecule has 2 aromatic carbocycles. The van der Waals surface area contributed by atoms with Crippen molar-refractivity contribution in [1.29, 1.82) is 0 Å². The predicted octanol–water partition coefficient (Wildman–Crippen LogP) is 8.43. The maximum absolute atomic E-state index is 13.7. The first kappa shape index (κ1) is 40.8. The number of carbonyl (C=O) groups is 4. The van der Waals surface area contributed by atoms with Crippen LogP contribution in [0.3, 0.4) is 0 Å². The lowest BCUT2D eigenvalue weighted by Gasteiger charge is -2.29. The summed E-state index contributed by atoms with van der Waals surface area (Å²) in [6, 6.07) is 12.7. The van der Waals surface area contributed by atoms with Gasteiger partial charge in [-0.05, 0) is 53.5 Å². The number of carbonyl (C=O) groups excluding carboxylic acids is 4. The highest BCUT2D eigenvalue weighted by molar-refractivity contribution is 7.27. The molecule has 2 aliphatic heterocycles. The van der Waals surface area contributed by atoms with Crippen molar-refractivity contribution in [3.8, 4) is 33.5 Å². The van der Waals surface area contributed by atoms with E-state index in [1.165, 1.54) is 29.2 Å². The number of benzene rings is 2. The summed E-state index contributed by atoms with van der Waals surface area (Å²) in [7, 11) is 2.58. The normalized spacial score (nSPS) is 17.5. The number of hydrogen-bond donors (Lipinski definition) is 4. The van der Waals surface area contributed by atoms with Gasteiger partial charge in [-0.3, -0.25) is 9.59 Å². The molecule has 0 radical (unpaired) electrons. The highest BCUT2D eigenvalue weighted by atomic mass is 32.1. The van der Waals surface area contributed by atoms with E-state index in [1.54, 1.807) is 33.8 Å². The van der Waals surface area contributed by atoms with Gasteiger partial charge in [0.25, 0.3) is 0 Å². The number of ether oxygens (including phenoxy) is 2. The first-order valence-corrected chi connectivity index (χ1v) is 21.8. The number of nitrogens with zero attached hydrogens (tertiary/aromatic N) is 4. The molecule has 0 spiro atoms. The summed E-state index contributed by atoms with van der Waals surface area (Å²) in [6.07, 6.45) is 6.04. The van der Waals surface area contributed by atoms with Gasteiger partial charge in [-0.25, -0.2) is 19.6 Å². The van der Waals surface area contributed by atoms with Crippen LogP contribution < -0.4 is 10.6 Å². The molecular weight excluding hydrogens is 801 g/mol. The van der Waals surface area contributed by atoms with Gasteiger partial charge < -0.3 is 39.9 Å². The second kappa shape index (κ2) is 16.9. The van der Waals surface area contributed by atoms with Gasteiger partial charge in [-0.2, -0.15) is 0 Å². The number of hydrogen-bond acceptors (Lipinski definition) is 10. The molecule has 6 heterocycles. The zero-order valence-electron chi connectivity index (χ0n) is 34.3. The smallest absolute Gasteiger partial charge is 0.407 e. The van der Waals surface area contributed by atoms with Gasteiger partial charge in [0, 0.05) is 35.0 Å². The number of H-pyrrole nitrogens is 2. The summed E-state index contributed by atoms with van der Waals surface area (Å²) < 4.78 is 12.0. The zero-order chi connectivity index (χ0) is 42.2. The molecule has 2 unspecified atom stereocenters. The summed E-state index contributed by atoms with van der Waals surface area (Å²) in [5, 5.41) is 9.82. The van der Waals surface area contributed by atoms with Gasteiger partial charge >= 0.3 is 12.2 Å². The summed E-state index contributed by atoms with van der Waals surface area (Å²) >= 11 is 3.45. The first-order chi connectivity index (χ1) is 28.9. The Morgan fingerprint density at radius 3 is 2.02 bits per heavy atom. The number of thiophene rings is 2. The minimum atomic E-state index is -0.727. The Hall–Kier alpha value is -6.00. The van der Waals surface area contributed by atoms with Crippen molar-refractivity contribution in [2.45, 2.75) is 64.7 Å². The van der Waals surface area contributed by atoms with Crippen LogP contribution in [0.4, 0.5) is 9.59 Å². The molecule has 1 saturated heterocycles. The van der Waals surface area contributed by atoms with E-state index in [1.807, 2.05) is 50.8 Å². The van der Waals surface area contributed by atoms with Gasteiger partial charge in [0.05, 0.1) is 52.6 Å². The molecular formula is C44H48N8O6S2. The molecule has 0 aliphatic carbocycles. The third kappa shape index (κ3) is 7.76. The number of methoxy groups -OCH3 is 2. The number of amides is 4. The largest absolute Gasteiger partial charge is 0.453 e. The maximum atomic E-state index is 13.7. The van der Waals surface area contributed by atoms with E-state index in [0.717, 1.165) is 57.6 Å². The van der Waals surface area contributed by atoms with Crippen molar-refractivity contribution >= 4 is 67.1 Å². The molecule has 1 fully saturated rings. The topological polar surface area (TPSA) is 175 Å². The fourth-order valence-electron chi connectivity index (χ4n) is 8.09. The van der Waals surface area contributed by atoms with Crippen molar-refractivity contribution in [2.75, 3.05) is 27.3 Å². The lowest BCUT2D eigenvalue weighted by Crippen LogP contribution is -2.51. The van der Waals surface area contributed by atoms with Gasteiger partial charge in [0.15, 0.2) is 0 Å². The van der Waals surface area contributed by atoms with Crippen molar-refractivity contribution in [3.63, 3.8) is 0 Å². The number of imidazole rings is 2. The second-order valence-corrected chi connectivity index (χ2v) is 17.6. The van der Waals surface area contributed by atoms with E-state index in [0.29, 0.717) is 18.9 Å². The highest BCUT2D eigenvalue weighted by Gasteiger charge is 2.38. The van der Waals surface area contributed by atoms with Crippen LogP contribution in [0.15, 0.2) is 71.6 Å². The van der Waals surface area contributed by atoms with Crippen LogP contribution in [0.1, 0.15) is 64.3 Å². The maximum Gasteiger partial charge on any atom is 0.407 e. The standard InChI is InChI=1S/C44H48N8O6S2/c1-23(2)35(49-43(55)57-5)41(53)51-17-7-9-33(51)39-45-20-32(48-39)26-13-11-25(12-14-26)28-21-59-38-29(22-60-37(28)38)27-15-16-30-31(19-27)47-40(46-30)34-10-8-18-52(34)42(54)36(24(3)4)50-44(56)58-6/h7,9,11-16,19-24,33-36H,8,10,17-18H2,1-6H3,(H,45,48)(H,46,47)(H,49,55)(H,50,56)/t33?,34?,35-,36-/m0/s1. The molecule has 4 amide bonds. The zero-order valence-corrected chi connectivity index (χ0v) is 35.9. The quantitative estimate of drug-likeness (QED) is 0.0940. The number of fused-ring (bicyclic) bond motifs is 2. The van der Waals surface area contributed by atoms with Crippen molar-refractivity contribution < 1.29 is 28.7 Å². The highest BCUT2D eigenvalue weighted by Crippen LogP contribution is 2.45. The molecule has 60 heavy (non-hydrogen) atoms. The number of aromatic nitrogens is 4. The molecule has 14 nitrogen and oxygen atoms in total. The monoisotopic (exact) mass is 848 g/mol. The Labute approximate surface area is 355 Å². The molecule has 4 aromatic heterocycles. The molecule has 2 aliphatic rings. The van der Waals surface area contributed by atoms with Gasteiger partial charge in [-0.1, -0.05) is 70.2 Å². The molecule has 4 atom stereocenters. The van der Waals surface area contributed by atoms with Crippen LogP contribution in [-0.2, 0) is 19.1 Å². The van der Waals surface area contributed by atoms with Gasteiger partial charge in [0.2, 0.25) is 11.8 Å². The summed E-state index contributed by atoms with van der Waals surface area (Å²) in [5.41, 5.74) is 8.07. The predicted molar refractivity (Wildman–Crippen MR) is 233 cm³/mol. The minimum absolute atomic E-state index is 0.109. The van der Waals surface area contributed by atoms with Crippen LogP contribution in [0.25, 0.3) is 53.9 Å². The molecule has 16 heteroatoms. The molecule has 0 saturated carbocycles. The average molecular weight is 849 g/mol. The third-order valence-electron chi connectivity index (χ3n) is 11.4. The Balaban J connectivity index is 0.978. The SMILES string of the molecule is COC(=O)N[C@H](C(=O)N1CC=CC1c1ncc(-c2ccc(-c3csc4c(-c5ccc6nc(C7CCCN7C(=O)[C@@H](NC(=O)OC)C(C)C)[nH]c6c5)csc34)cc2)[nH]1)C(C)C. The van der Waals surface area contributed by atoms with E-state index < -0.39 is 24.3 Å². The van der Waals surface area contributed by atoms with Crippen LogP contribution >= 0.6 is 22.7 Å². The molecule has 312 valence electrons. The number of nitrogens with one attached hydrogen (secondary N) is 4. The first-order valence-electron chi connectivity index (χ1n) is 20.1. The van der Waals surface area contributed by atoms with Crippen LogP contribution in [-0.4, -0.2) is 93.1 Å². The summed E-state index contributed by atoms with van der Waals surface area (Å²) in [6.45, 7) is 8.60. The lowest BCUT2D eigenvalue weighted by molar-refractivity contribution is -0.136. The third-order valence-corrected chi connectivity index (χ3v) is 13.5. The Bertz CT molecular complexity index is 2590. The lowest BCUT2D eigenvalue weighted by atomic mass is 10.0. The van der Waals surface area contributed by atoms with E-state index in [4.69, 9.17) is 14.5 Å². The number of likely N-dealkylation sites (tertiary alicyclic amines) is 1. The Morgan fingerprint density at radius 2 is 1.38 bits per heavy atom. The molecule has 6 aromatic rings. The Morgan fingerprint density at radius 1 is 0.783 bits per heavy atom. The van der Waals surface area contributed by atoms with E-state index in [-0.39, 0.29) is 35.7 Å². The van der Waals surface area contributed by atoms with E-state index in [2.05, 4.69) is 72.7 Å². The van der Waals surface area contributed by atoms with E-state index >= 15 is 0 Å². The summed E-state index contributed by atoms with van der Waals surface area (Å²) in [4.78, 5) is 71.3. The average Bonchev–Trinajstić information content (AvgIpc) is 4.10. The van der Waals surface area contributed by atoms with Gasteiger partial charge in [0.1, 0.15) is 29.8 Å². The van der Waals surface area contributed by atoms with Crippen LogP contribution in [0.5, 0.6) is 0 Å². The van der Waals surface area contributed by atoms with Crippen molar-refractivity contribution in [2.24, 2.45) is 11.8 Å². The van der Waals surface area contributed by atoms with E-state index in [9.17, 15) is 19.2 Å². The molecule has 0 bridgehead atoms. The molecule has 8 rings (SSSR count).